The second kappa shape index (κ2) is 9.00. The van der Waals surface area contributed by atoms with Crippen molar-refractivity contribution in [2.45, 2.75) is 6.42 Å². The van der Waals surface area contributed by atoms with Crippen LogP contribution in [0.1, 0.15) is 16.8 Å². The Kier molecular flexibility index (Phi) is 6.74. The van der Waals surface area contributed by atoms with Gasteiger partial charge in [-0.1, -0.05) is 34.1 Å². The Balaban J connectivity index is 2.07. The first kappa shape index (κ1) is 19.5. The molecule has 2 rings (SSSR count). The number of hydrogen-bond acceptors (Lipinski definition) is 5. The highest BCUT2D eigenvalue weighted by atomic mass is 79.9. The molecule has 26 heavy (non-hydrogen) atoms. The second-order valence-corrected chi connectivity index (χ2v) is 6.32. The number of ether oxygens (including phenoxy) is 1. The lowest BCUT2D eigenvalue weighted by molar-refractivity contribution is -0.121. The Morgan fingerprint density at radius 3 is 2.42 bits per heavy atom. The molecule has 2 aromatic carbocycles. The Bertz CT molecular complexity index is 811. The number of amides is 2. The van der Waals surface area contributed by atoms with E-state index in [1.165, 1.54) is 11.0 Å². The molecule has 0 unspecified atom stereocenters. The van der Waals surface area contributed by atoms with E-state index in [1.54, 1.807) is 42.5 Å². The molecular weight excluding hydrogens is 402 g/mol. The van der Waals surface area contributed by atoms with Gasteiger partial charge in [0.15, 0.2) is 6.61 Å². The highest BCUT2D eigenvalue weighted by Crippen LogP contribution is 2.20. The molecule has 0 spiro atoms. The fourth-order valence-corrected chi connectivity index (χ4v) is 2.58. The highest BCUT2D eigenvalue weighted by Gasteiger charge is 2.19. The highest BCUT2D eigenvalue weighted by molar-refractivity contribution is 9.10. The molecule has 0 saturated heterocycles. The number of nitrogens with two attached hydrogens (primary N) is 2. The lowest BCUT2D eigenvalue weighted by Gasteiger charge is -2.22. The van der Waals surface area contributed by atoms with Crippen LogP contribution in [0.4, 0.5) is 11.4 Å². The fraction of sp³-hybridized carbons (Fsp3) is 0.167. The van der Waals surface area contributed by atoms with Gasteiger partial charge in [0.1, 0.15) is 0 Å². The maximum Gasteiger partial charge on any atom is 0.340 e. The van der Waals surface area contributed by atoms with E-state index in [-0.39, 0.29) is 24.2 Å². The number of para-hydroxylation sites is 1. The predicted molar refractivity (Wildman–Crippen MR) is 101 cm³/mol. The molecule has 0 saturated carbocycles. The van der Waals surface area contributed by atoms with Crippen LogP contribution in [-0.4, -0.2) is 30.9 Å². The first-order valence-corrected chi connectivity index (χ1v) is 8.53. The lowest BCUT2D eigenvalue weighted by atomic mass is 10.2. The molecule has 0 aliphatic heterocycles. The summed E-state index contributed by atoms with van der Waals surface area (Å²) in [6, 6.07) is 13.5. The van der Waals surface area contributed by atoms with E-state index in [4.69, 9.17) is 16.2 Å². The van der Waals surface area contributed by atoms with Crippen LogP contribution in [0.25, 0.3) is 0 Å². The molecule has 2 amide bonds. The maximum absolute atomic E-state index is 12.5. The van der Waals surface area contributed by atoms with E-state index >= 15 is 0 Å². The van der Waals surface area contributed by atoms with Gasteiger partial charge in [-0.2, -0.15) is 0 Å². The van der Waals surface area contributed by atoms with Crippen LogP contribution >= 0.6 is 15.9 Å². The van der Waals surface area contributed by atoms with Crippen molar-refractivity contribution in [3.8, 4) is 0 Å². The SMILES string of the molecule is NC(=O)CCN(C(=O)COC(=O)c1cc(Br)ccc1N)c1ccccc1. The van der Waals surface area contributed by atoms with Crippen LogP contribution in [0.2, 0.25) is 0 Å². The van der Waals surface area contributed by atoms with Gasteiger partial charge in [-0.05, 0) is 30.3 Å². The maximum atomic E-state index is 12.5. The van der Waals surface area contributed by atoms with E-state index < -0.39 is 24.4 Å². The van der Waals surface area contributed by atoms with Crippen LogP contribution in [0, 0.1) is 0 Å². The quantitative estimate of drug-likeness (QED) is 0.526. The number of nitrogen functional groups attached to an aromatic ring is 1. The topological polar surface area (TPSA) is 116 Å². The van der Waals surface area contributed by atoms with Gasteiger partial charge in [0.25, 0.3) is 5.91 Å². The second-order valence-electron chi connectivity index (χ2n) is 5.40. The molecule has 8 heteroatoms. The van der Waals surface area contributed by atoms with E-state index in [0.717, 1.165) is 0 Å². The monoisotopic (exact) mass is 419 g/mol. The predicted octanol–water partition coefficient (Wildman–Crippen LogP) is 2.10. The van der Waals surface area contributed by atoms with Crippen LogP contribution in [0.3, 0.4) is 0 Å². The third kappa shape index (κ3) is 5.32. The molecule has 0 aromatic heterocycles. The zero-order valence-corrected chi connectivity index (χ0v) is 15.4. The third-order valence-corrected chi connectivity index (χ3v) is 4.01. The molecule has 0 aliphatic rings. The molecule has 7 nitrogen and oxygen atoms in total. The van der Waals surface area contributed by atoms with Gasteiger partial charge >= 0.3 is 5.97 Å². The minimum Gasteiger partial charge on any atom is -0.452 e. The van der Waals surface area contributed by atoms with E-state index in [2.05, 4.69) is 15.9 Å². The fourth-order valence-electron chi connectivity index (χ4n) is 2.22. The normalized spacial score (nSPS) is 10.2. The molecule has 0 atom stereocenters. The molecule has 2 aromatic rings. The number of nitrogens with zero attached hydrogens (tertiary/aromatic N) is 1. The zero-order valence-electron chi connectivity index (χ0n) is 13.9. The average molecular weight is 420 g/mol. The van der Waals surface area contributed by atoms with Gasteiger partial charge in [-0.25, -0.2) is 4.79 Å². The number of carbonyl (C=O) groups excluding carboxylic acids is 3. The summed E-state index contributed by atoms with van der Waals surface area (Å²) in [7, 11) is 0. The molecule has 136 valence electrons. The Morgan fingerprint density at radius 2 is 1.77 bits per heavy atom. The van der Waals surface area contributed by atoms with Crippen molar-refractivity contribution < 1.29 is 19.1 Å². The van der Waals surface area contributed by atoms with Gasteiger partial charge in [0.2, 0.25) is 5.91 Å². The molecular formula is C18H18BrN3O4. The van der Waals surface area contributed by atoms with Gasteiger partial charge in [-0.3, -0.25) is 9.59 Å². The van der Waals surface area contributed by atoms with Gasteiger partial charge < -0.3 is 21.1 Å². The summed E-state index contributed by atoms with van der Waals surface area (Å²) in [5.74, 6) is -1.71. The van der Waals surface area contributed by atoms with E-state index in [0.29, 0.717) is 10.2 Å². The van der Waals surface area contributed by atoms with Gasteiger partial charge in [0, 0.05) is 28.8 Å². The average Bonchev–Trinajstić information content (AvgIpc) is 2.62. The first-order valence-electron chi connectivity index (χ1n) is 7.74. The van der Waals surface area contributed by atoms with Gasteiger partial charge in [-0.15, -0.1) is 0 Å². The number of hydrogen-bond donors (Lipinski definition) is 2. The number of rotatable bonds is 7. The molecule has 0 bridgehead atoms. The van der Waals surface area contributed by atoms with Crippen molar-refractivity contribution in [3.05, 3.63) is 58.6 Å². The molecule has 4 N–H and O–H groups in total. The van der Waals surface area contributed by atoms with Crippen molar-refractivity contribution in [2.24, 2.45) is 5.73 Å². The van der Waals surface area contributed by atoms with E-state index in [9.17, 15) is 14.4 Å². The summed E-state index contributed by atoms with van der Waals surface area (Å²) in [4.78, 5) is 37.1. The van der Waals surface area contributed by atoms with Crippen molar-refractivity contribution in [3.63, 3.8) is 0 Å². The molecule has 0 fully saturated rings. The summed E-state index contributed by atoms with van der Waals surface area (Å²) in [6.45, 7) is -0.396. The van der Waals surface area contributed by atoms with Crippen molar-refractivity contribution in [1.82, 2.24) is 0 Å². The Hall–Kier alpha value is -2.87. The molecule has 0 radical (unpaired) electrons. The number of primary amides is 1. The largest absolute Gasteiger partial charge is 0.452 e. The smallest absolute Gasteiger partial charge is 0.340 e. The Labute approximate surface area is 159 Å². The summed E-state index contributed by atoms with van der Waals surface area (Å²) in [5.41, 5.74) is 11.9. The number of halogens is 1. The Morgan fingerprint density at radius 1 is 1.08 bits per heavy atom. The van der Waals surface area contributed by atoms with Crippen LogP contribution in [0.15, 0.2) is 53.0 Å². The number of benzene rings is 2. The third-order valence-electron chi connectivity index (χ3n) is 3.51. The van der Waals surface area contributed by atoms with Crippen LogP contribution < -0.4 is 16.4 Å². The van der Waals surface area contributed by atoms with Crippen molar-refractivity contribution in [2.75, 3.05) is 23.8 Å². The first-order chi connectivity index (χ1) is 12.4. The van der Waals surface area contributed by atoms with E-state index in [1.807, 2.05) is 0 Å². The molecule has 0 heterocycles. The standard InChI is InChI=1S/C18H18BrN3O4/c19-12-6-7-15(20)14(10-12)18(25)26-11-17(24)22(9-8-16(21)23)13-4-2-1-3-5-13/h1-7,10H,8-9,11,20H2,(H2,21,23). The van der Waals surface area contributed by atoms with Crippen LogP contribution in [-0.2, 0) is 14.3 Å². The van der Waals surface area contributed by atoms with Crippen molar-refractivity contribution in [1.29, 1.82) is 0 Å². The molecule has 0 aliphatic carbocycles. The number of esters is 1. The minimum atomic E-state index is -0.708. The number of carbonyl (C=O) groups is 3. The van der Waals surface area contributed by atoms with Crippen LogP contribution in [0.5, 0.6) is 0 Å². The lowest BCUT2D eigenvalue weighted by Crippen LogP contribution is -2.37. The summed E-state index contributed by atoms with van der Waals surface area (Å²) < 4.78 is 5.75. The summed E-state index contributed by atoms with van der Waals surface area (Å²) >= 11 is 3.25. The minimum absolute atomic E-state index is 0.00678. The zero-order chi connectivity index (χ0) is 19.1. The summed E-state index contributed by atoms with van der Waals surface area (Å²) in [5, 5.41) is 0. The summed E-state index contributed by atoms with van der Waals surface area (Å²) in [6.07, 6.45) is -0.00678. The number of anilines is 2. The van der Waals surface area contributed by atoms with Gasteiger partial charge in [0.05, 0.1) is 5.56 Å². The van der Waals surface area contributed by atoms with Crippen molar-refractivity contribution >= 4 is 45.1 Å².